The van der Waals surface area contributed by atoms with Crippen molar-refractivity contribution in [1.82, 2.24) is 4.90 Å². The molecule has 1 fully saturated rings. The molecule has 1 N–H and O–H groups in total. The van der Waals surface area contributed by atoms with Crippen LogP contribution in [0.2, 0.25) is 0 Å². The zero-order chi connectivity index (χ0) is 14.0. The van der Waals surface area contributed by atoms with Crippen LogP contribution < -0.4 is 0 Å². The van der Waals surface area contributed by atoms with Crippen molar-refractivity contribution in [3.63, 3.8) is 0 Å². The number of β-amino-alcohol motifs (C(OH)–C–C–N with tert-alkyl or cyclic N) is 1. The van der Waals surface area contributed by atoms with Crippen LogP contribution >= 0.6 is 0 Å². The normalized spacial score (nSPS) is 27.2. The van der Waals surface area contributed by atoms with Crippen LogP contribution in [0.25, 0.3) is 0 Å². The van der Waals surface area contributed by atoms with E-state index in [9.17, 15) is 9.90 Å². The molecule has 0 bridgehead atoms. The summed E-state index contributed by atoms with van der Waals surface area (Å²) < 4.78 is 5.23. The minimum Gasteiger partial charge on any atom is -0.469 e. The second kappa shape index (κ2) is 5.37. The molecule has 4 heteroatoms. The van der Waals surface area contributed by atoms with Crippen LogP contribution in [0.3, 0.4) is 0 Å². The Kier molecular flexibility index (Phi) is 3.99. The average Bonchev–Trinajstić information content (AvgIpc) is 2.96. The van der Waals surface area contributed by atoms with Gasteiger partial charge in [-0.1, -0.05) is 20.8 Å². The van der Waals surface area contributed by atoms with Crippen molar-refractivity contribution in [2.24, 2.45) is 11.8 Å². The van der Waals surface area contributed by atoms with Crippen molar-refractivity contribution < 1.29 is 14.3 Å². The third-order valence-electron chi connectivity index (χ3n) is 4.31. The first-order valence-corrected chi connectivity index (χ1v) is 6.96. The lowest BCUT2D eigenvalue weighted by Gasteiger charge is -2.31. The molecule has 1 aliphatic heterocycles. The number of rotatable bonds is 4. The molecule has 19 heavy (non-hydrogen) atoms. The van der Waals surface area contributed by atoms with Gasteiger partial charge in [-0.3, -0.25) is 4.79 Å². The lowest BCUT2D eigenvalue weighted by Crippen LogP contribution is -2.43. The monoisotopic (exact) mass is 265 g/mol. The highest BCUT2D eigenvalue weighted by atomic mass is 16.3. The lowest BCUT2D eigenvalue weighted by molar-refractivity contribution is -0.131. The van der Waals surface area contributed by atoms with Crippen LogP contribution in [0, 0.1) is 11.8 Å². The second-order valence-corrected chi connectivity index (χ2v) is 5.90. The largest absolute Gasteiger partial charge is 0.469 e. The fraction of sp³-hybridized carbons (Fsp3) is 0.667. The first-order valence-electron chi connectivity index (χ1n) is 6.96. The van der Waals surface area contributed by atoms with Gasteiger partial charge in [0, 0.05) is 31.8 Å². The first-order chi connectivity index (χ1) is 8.93. The summed E-state index contributed by atoms with van der Waals surface area (Å²) in [6, 6.07) is 3.71. The van der Waals surface area contributed by atoms with Gasteiger partial charge in [0.15, 0.2) is 0 Å². The molecule has 2 heterocycles. The predicted molar refractivity (Wildman–Crippen MR) is 72.6 cm³/mol. The number of carbonyl (C=O) groups excluding carboxylic acids is 1. The van der Waals surface area contributed by atoms with Crippen molar-refractivity contribution in [3.05, 3.63) is 24.2 Å². The Labute approximate surface area is 114 Å². The summed E-state index contributed by atoms with van der Waals surface area (Å²) in [6.07, 6.45) is 2.68. The van der Waals surface area contributed by atoms with Gasteiger partial charge < -0.3 is 14.4 Å². The maximum atomic E-state index is 12.2. The van der Waals surface area contributed by atoms with Gasteiger partial charge in [-0.15, -0.1) is 0 Å². The Bertz CT molecular complexity index is 427. The highest BCUT2D eigenvalue weighted by Crippen LogP contribution is 2.34. The standard InChI is InChI=1S/C15H23NO3/c1-11(2)15(18)10-16(9-12(15)3)14(17)7-6-13-5-4-8-19-13/h4-5,8,11-12,18H,6-7,9-10H2,1-3H3/t12-,15-/m1/s1. The van der Waals surface area contributed by atoms with Gasteiger partial charge in [0.25, 0.3) is 0 Å². The van der Waals surface area contributed by atoms with Crippen molar-refractivity contribution >= 4 is 5.91 Å². The summed E-state index contributed by atoms with van der Waals surface area (Å²) in [5, 5.41) is 10.6. The molecule has 0 spiro atoms. The second-order valence-electron chi connectivity index (χ2n) is 5.90. The van der Waals surface area contributed by atoms with E-state index >= 15 is 0 Å². The molecular formula is C15H23NO3. The summed E-state index contributed by atoms with van der Waals surface area (Å²) in [5.74, 6) is 1.21. The molecular weight excluding hydrogens is 242 g/mol. The number of aliphatic hydroxyl groups is 1. The molecule has 1 aromatic rings. The quantitative estimate of drug-likeness (QED) is 0.906. The van der Waals surface area contributed by atoms with Crippen LogP contribution in [0.1, 0.15) is 33.0 Å². The number of hydrogen-bond donors (Lipinski definition) is 1. The smallest absolute Gasteiger partial charge is 0.223 e. The molecule has 0 saturated carbocycles. The third kappa shape index (κ3) is 2.84. The van der Waals surface area contributed by atoms with E-state index in [1.165, 1.54) is 0 Å². The first kappa shape index (κ1) is 14.1. The van der Waals surface area contributed by atoms with Crippen LogP contribution in [0.5, 0.6) is 0 Å². The fourth-order valence-corrected chi connectivity index (χ4v) is 2.80. The molecule has 1 amide bonds. The molecule has 0 aliphatic carbocycles. The van der Waals surface area contributed by atoms with Gasteiger partial charge >= 0.3 is 0 Å². The van der Waals surface area contributed by atoms with Crippen LogP contribution in [-0.2, 0) is 11.2 Å². The SMILES string of the molecule is CC(C)[C@]1(O)CN(C(=O)CCc2ccco2)C[C@H]1C. The minimum atomic E-state index is -0.750. The van der Waals surface area contributed by atoms with E-state index in [4.69, 9.17) is 4.42 Å². The van der Waals surface area contributed by atoms with E-state index in [0.29, 0.717) is 25.9 Å². The number of amides is 1. The molecule has 0 aromatic carbocycles. The highest BCUT2D eigenvalue weighted by Gasteiger charge is 2.46. The Hall–Kier alpha value is -1.29. The van der Waals surface area contributed by atoms with E-state index in [2.05, 4.69) is 0 Å². The molecule has 1 saturated heterocycles. The zero-order valence-corrected chi connectivity index (χ0v) is 11.9. The van der Waals surface area contributed by atoms with Gasteiger partial charge in [-0.2, -0.15) is 0 Å². The van der Waals surface area contributed by atoms with Gasteiger partial charge in [0.05, 0.1) is 11.9 Å². The van der Waals surface area contributed by atoms with Gasteiger partial charge in [-0.25, -0.2) is 0 Å². The number of hydrogen-bond acceptors (Lipinski definition) is 3. The van der Waals surface area contributed by atoms with Crippen molar-refractivity contribution in [1.29, 1.82) is 0 Å². The molecule has 0 unspecified atom stereocenters. The molecule has 1 aliphatic rings. The van der Waals surface area contributed by atoms with Crippen LogP contribution in [-0.4, -0.2) is 34.6 Å². The summed E-state index contributed by atoms with van der Waals surface area (Å²) >= 11 is 0. The Morgan fingerprint density at radius 1 is 1.63 bits per heavy atom. The summed E-state index contributed by atoms with van der Waals surface area (Å²) in [4.78, 5) is 14.0. The highest BCUT2D eigenvalue weighted by molar-refractivity contribution is 5.77. The molecule has 0 radical (unpaired) electrons. The Balaban J connectivity index is 1.91. The number of nitrogens with zero attached hydrogens (tertiary/aromatic N) is 1. The maximum Gasteiger partial charge on any atom is 0.223 e. The molecule has 2 atom stereocenters. The average molecular weight is 265 g/mol. The topological polar surface area (TPSA) is 53.7 Å². The van der Waals surface area contributed by atoms with Crippen molar-refractivity contribution in [2.45, 2.75) is 39.2 Å². The number of carbonyl (C=O) groups is 1. The van der Waals surface area contributed by atoms with E-state index in [-0.39, 0.29) is 17.7 Å². The zero-order valence-electron chi connectivity index (χ0n) is 11.9. The minimum absolute atomic E-state index is 0.0971. The van der Waals surface area contributed by atoms with Gasteiger partial charge in [-0.05, 0) is 18.1 Å². The number of furan rings is 1. The Morgan fingerprint density at radius 3 is 2.89 bits per heavy atom. The van der Waals surface area contributed by atoms with Gasteiger partial charge in [0.1, 0.15) is 5.76 Å². The van der Waals surface area contributed by atoms with Crippen molar-refractivity contribution in [2.75, 3.05) is 13.1 Å². The molecule has 2 rings (SSSR count). The van der Waals surface area contributed by atoms with Gasteiger partial charge in [0.2, 0.25) is 5.91 Å². The number of likely N-dealkylation sites (tertiary alicyclic amines) is 1. The Morgan fingerprint density at radius 2 is 2.37 bits per heavy atom. The molecule has 1 aromatic heterocycles. The summed E-state index contributed by atoms with van der Waals surface area (Å²) in [7, 11) is 0. The maximum absolute atomic E-state index is 12.2. The van der Waals surface area contributed by atoms with E-state index in [1.54, 1.807) is 11.2 Å². The predicted octanol–water partition coefficient (Wildman–Crippen LogP) is 2.08. The fourth-order valence-electron chi connectivity index (χ4n) is 2.80. The van der Waals surface area contributed by atoms with Crippen LogP contribution in [0.15, 0.2) is 22.8 Å². The third-order valence-corrected chi connectivity index (χ3v) is 4.31. The van der Waals surface area contributed by atoms with Crippen molar-refractivity contribution in [3.8, 4) is 0 Å². The lowest BCUT2D eigenvalue weighted by atomic mass is 9.82. The van der Waals surface area contributed by atoms with E-state index in [1.807, 2.05) is 32.9 Å². The van der Waals surface area contributed by atoms with E-state index in [0.717, 1.165) is 5.76 Å². The van der Waals surface area contributed by atoms with E-state index < -0.39 is 5.60 Å². The molecule has 106 valence electrons. The van der Waals surface area contributed by atoms with Crippen LogP contribution in [0.4, 0.5) is 0 Å². The molecule has 4 nitrogen and oxygen atoms in total. The summed E-state index contributed by atoms with van der Waals surface area (Å²) in [6.45, 7) is 7.12. The summed E-state index contributed by atoms with van der Waals surface area (Å²) in [5.41, 5.74) is -0.750. The number of aryl methyl sites for hydroxylation is 1.